The van der Waals surface area contributed by atoms with E-state index in [0.29, 0.717) is 53.7 Å². The average Bonchev–Trinajstić information content (AvgIpc) is 2.87. The van der Waals surface area contributed by atoms with Gasteiger partial charge < -0.3 is 33.9 Å². The molecule has 2 aromatic carbocycles. The average molecular weight is 473 g/mol. The number of hydrogen-bond acceptors (Lipinski definition) is 7. The van der Waals surface area contributed by atoms with Gasteiger partial charge in [0.05, 0.1) is 40.4 Å². The highest BCUT2D eigenvalue weighted by Gasteiger charge is 2.43. The van der Waals surface area contributed by atoms with Crippen LogP contribution in [0.4, 0.5) is 0 Å². The fraction of sp³-hybridized carbons (Fsp3) is 0.440. The number of hydrogen-bond donors (Lipinski definition) is 1. The quantitative estimate of drug-likeness (QED) is 0.531. The van der Waals surface area contributed by atoms with Gasteiger partial charge in [-0.3, -0.25) is 9.59 Å². The molecule has 0 fully saturated rings. The number of likely N-dealkylation sites (N-methyl/N-ethyl adjacent to an activating group) is 1. The fourth-order valence-corrected chi connectivity index (χ4v) is 4.32. The topological polar surface area (TPSA) is 95.6 Å². The summed E-state index contributed by atoms with van der Waals surface area (Å²) in [6.07, 6.45) is 0.670. The van der Waals surface area contributed by atoms with Gasteiger partial charge in [0.25, 0.3) is 5.91 Å². The molecular formula is C25H32N2O7. The second-order valence-electron chi connectivity index (χ2n) is 7.88. The number of carbonyl (C=O) groups is 2. The van der Waals surface area contributed by atoms with E-state index in [1.54, 1.807) is 57.5 Å². The van der Waals surface area contributed by atoms with Crippen molar-refractivity contribution in [3.63, 3.8) is 0 Å². The Balaban J connectivity index is 2.15. The zero-order chi connectivity index (χ0) is 24.8. The molecular weight excluding hydrogens is 440 g/mol. The second kappa shape index (κ2) is 11.1. The first kappa shape index (κ1) is 25.2. The van der Waals surface area contributed by atoms with Crippen LogP contribution in [0.2, 0.25) is 0 Å². The molecule has 1 N–H and O–H groups in total. The Bertz CT molecular complexity index is 1040. The highest BCUT2D eigenvalue weighted by molar-refractivity contribution is 6.02. The largest absolute Gasteiger partial charge is 0.493 e. The summed E-state index contributed by atoms with van der Waals surface area (Å²) in [5.41, 5.74) is 1.71. The monoisotopic (exact) mass is 472 g/mol. The Kier molecular flexibility index (Phi) is 8.22. The molecule has 1 heterocycles. The molecule has 3 rings (SSSR count). The van der Waals surface area contributed by atoms with Crippen molar-refractivity contribution in [3.05, 3.63) is 47.0 Å². The first-order chi connectivity index (χ1) is 16.4. The third-order valence-electron chi connectivity index (χ3n) is 6.03. The molecule has 0 aliphatic carbocycles. The minimum atomic E-state index is -0.696. The molecule has 0 aromatic heterocycles. The Morgan fingerprint density at radius 1 is 0.912 bits per heavy atom. The van der Waals surface area contributed by atoms with E-state index in [9.17, 15) is 9.59 Å². The lowest BCUT2D eigenvalue weighted by atomic mass is 9.79. The van der Waals surface area contributed by atoms with Crippen LogP contribution < -0.4 is 24.3 Å². The molecule has 0 bridgehead atoms. The summed E-state index contributed by atoms with van der Waals surface area (Å²) in [4.78, 5) is 28.6. The molecule has 0 radical (unpaired) electrons. The molecule has 2 atom stereocenters. The molecule has 1 aliphatic heterocycles. The Morgan fingerprint density at radius 3 is 2.15 bits per heavy atom. The third-order valence-corrected chi connectivity index (χ3v) is 6.03. The van der Waals surface area contributed by atoms with Gasteiger partial charge in [0.15, 0.2) is 23.0 Å². The van der Waals surface area contributed by atoms with Crippen molar-refractivity contribution in [3.8, 4) is 23.0 Å². The summed E-state index contributed by atoms with van der Waals surface area (Å²) >= 11 is 0. The summed E-state index contributed by atoms with van der Waals surface area (Å²) in [6.45, 7) is 0.978. The number of carbonyl (C=O) groups excluding carboxylic acids is 2. The highest BCUT2D eigenvalue weighted by Crippen LogP contribution is 2.46. The van der Waals surface area contributed by atoms with Crippen LogP contribution in [0.1, 0.15) is 39.9 Å². The number of nitrogens with one attached hydrogen (secondary N) is 1. The number of ether oxygens (including phenoxy) is 5. The van der Waals surface area contributed by atoms with Crippen molar-refractivity contribution < 1.29 is 33.3 Å². The van der Waals surface area contributed by atoms with E-state index in [-0.39, 0.29) is 11.8 Å². The predicted molar refractivity (Wildman–Crippen MR) is 126 cm³/mol. The van der Waals surface area contributed by atoms with Gasteiger partial charge in [-0.15, -0.1) is 0 Å². The number of rotatable bonds is 10. The lowest BCUT2D eigenvalue weighted by Crippen LogP contribution is -2.46. The van der Waals surface area contributed by atoms with Crippen LogP contribution >= 0.6 is 0 Å². The summed E-state index contributed by atoms with van der Waals surface area (Å²) in [5, 5.41) is 3.00. The fourth-order valence-electron chi connectivity index (χ4n) is 4.32. The zero-order valence-corrected chi connectivity index (χ0v) is 20.5. The standard InChI is InChI=1S/C25H32N2O7/c1-27-23(15-8-9-18(31-3)19(12-15)32-4)22(24(28)26-10-7-11-30-2)16-13-20(33-5)21(34-6)14-17(16)25(27)29/h8-9,12-14,22-23H,7,10-11H2,1-6H3,(H,26,28)/t22-,23-/m0/s1. The zero-order valence-electron chi connectivity index (χ0n) is 20.5. The van der Waals surface area contributed by atoms with Crippen molar-refractivity contribution in [2.24, 2.45) is 0 Å². The predicted octanol–water partition coefficient (Wildman–Crippen LogP) is 2.78. The number of nitrogens with zero attached hydrogens (tertiary/aromatic N) is 1. The molecule has 2 amide bonds. The molecule has 9 heteroatoms. The van der Waals surface area contributed by atoms with Crippen molar-refractivity contribution in [1.82, 2.24) is 10.2 Å². The smallest absolute Gasteiger partial charge is 0.254 e. The lowest BCUT2D eigenvalue weighted by Gasteiger charge is -2.40. The van der Waals surface area contributed by atoms with Gasteiger partial charge in [0, 0.05) is 32.9 Å². The van der Waals surface area contributed by atoms with Gasteiger partial charge in [-0.2, -0.15) is 0 Å². The normalized spacial score (nSPS) is 17.1. The van der Waals surface area contributed by atoms with Crippen LogP contribution in [0, 0.1) is 0 Å². The minimum absolute atomic E-state index is 0.205. The van der Waals surface area contributed by atoms with Gasteiger partial charge in [0.1, 0.15) is 0 Å². The van der Waals surface area contributed by atoms with Crippen LogP contribution in [0.25, 0.3) is 0 Å². The van der Waals surface area contributed by atoms with Crippen molar-refractivity contribution >= 4 is 11.8 Å². The summed E-state index contributed by atoms with van der Waals surface area (Å²) < 4.78 is 26.8. The van der Waals surface area contributed by atoms with Crippen LogP contribution in [-0.2, 0) is 9.53 Å². The number of benzene rings is 2. The van der Waals surface area contributed by atoms with E-state index in [2.05, 4.69) is 5.32 Å². The molecule has 0 unspecified atom stereocenters. The van der Waals surface area contributed by atoms with Crippen LogP contribution in [0.5, 0.6) is 23.0 Å². The molecule has 34 heavy (non-hydrogen) atoms. The highest BCUT2D eigenvalue weighted by atomic mass is 16.5. The van der Waals surface area contributed by atoms with Crippen molar-refractivity contribution in [1.29, 1.82) is 0 Å². The van der Waals surface area contributed by atoms with Crippen LogP contribution in [0.15, 0.2) is 30.3 Å². The van der Waals surface area contributed by atoms with E-state index >= 15 is 0 Å². The van der Waals surface area contributed by atoms with Crippen molar-refractivity contribution in [2.75, 3.05) is 55.7 Å². The molecule has 2 aromatic rings. The minimum Gasteiger partial charge on any atom is -0.493 e. The Labute approximate surface area is 199 Å². The van der Waals surface area contributed by atoms with Crippen LogP contribution in [-0.4, -0.2) is 72.5 Å². The van der Waals surface area contributed by atoms with Crippen molar-refractivity contribution in [2.45, 2.75) is 18.4 Å². The second-order valence-corrected chi connectivity index (χ2v) is 7.88. The SMILES string of the molecule is COCCCNC(=O)[C@H]1c2cc(OC)c(OC)cc2C(=O)N(C)[C@H]1c1ccc(OC)c(OC)c1. The number of amides is 2. The van der Waals surface area contributed by atoms with Gasteiger partial charge in [-0.1, -0.05) is 6.07 Å². The van der Waals surface area contributed by atoms with Gasteiger partial charge in [0.2, 0.25) is 5.91 Å². The molecule has 184 valence electrons. The first-order valence-corrected chi connectivity index (χ1v) is 10.9. The van der Waals surface area contributed by atoms with E-state index in [1.807, 2.05) is 6.07 Å². The molecule has 9 nitrogen and oxygen atoms in total. The van der Waals surface area contributed by atoms with E-state index < -0.39 is 12.0 Å². The van der Waals surface area contributed by atoms with Gasteiger partial charge in [-0.25, -0.2) is 0 Å². The first-order valence-electron chi connectivity index (χ1n) is 10.9. The lowest BCUT2D eigenvalue weighted by molar-refractivity contribution is -0.124. The molecule has 0 saturated heterocycles. The Morgan fingerprint density at radius 2 is 1.53 bits per heavy atom. The molecule has 0 saturated carbocycles. The summed E-state index contributed by atoms with van der Waals surface area (Å²) in [5.74, 6) is 0.816. The maximum Gasteiger partial charge on any atom is 0.254 e. The Hall–Kier alpha value is -3.46. The van der Waals surface area contributed by atoms with Gasteiger partial charge in [-0.05, 0) is 41.8 Å². The van der Waals surface area contributed by atoms with Gasteiger partial charge >= 0.3 is 0 Å². The summed E-state index contributed by atoms with van der Waals surface area (Å²) in [7, 11) is 9.44. The van der Waals surface area contributed by atoms with E-state index in [4.69, 9.17) is 23.7 Å². The number of methoxy groups -OCH3 is 5. The third kappa shape index (κ3) is 4.75. The summed E-state index contributed by atoms with van der Waals surface area (Å²) in [6, 6.07) is 8.16. The van der Waals surface area contributed by atoms with E-state index in [0.717, 1.165) is 5.56 Å². The molecule has 0 spiro atoms. The number of fused-ring (bicyclic) bond motifs is 1. The van der Waals surface area contributed by atoms with Crippen LogP contribution in [0.3, 0.4) is 0 Å². The maximum atomic E-state index is 13.6. The molecule has 1 aliphatic rings. The van der Waals surface area contributed by atoms with E-state index in [1.165, 1.54) is 14.2 Å². The maximum absolute atomic E-state index is 13.6.